The lowest BCUT2D eigenvalue weighted by Gasteiger charge is -2.28. The molecule has 3 rings (SSSR count). The monoisotopic (exact) mass is 420 g/mol. The Morgan fingerprint density at radius 1 is 1.36 bits per heavy atom. The van der Waals surface area contributed by atoms with E-state index < -0.39 is 6.04 Å². The van der Waals surface area contributed by atoms with Crippen LogP contribution in [0.25, 0.3) is 0 Å². The van der Waals surface area contributed by atoms with Gasteiger partial charge in [0.2, 0.25) is 11.1 Å². The second-order valence-corrected chi connectivity index (χ2v) is 8.06. The van der Waals surface area contributed by atoms with E-state index in [9.17, 15) is 4.79 Å². The highest BCUT2D eigenvalue weighted by Crippen LogP contribution is 2.37. The number of carbonyl (C=O) groups is 1. The second-order valence-electron chi connectivity index (χ2n) is 6.56. The van der Waals surface area contributed by atoms with Crippen molar-refractivity contribution in [2.24, 2.45) is 0 Å². The van der Waals surface area contributed by atoms with Crippen LogP contribution in [0.1, 0.15) is 51.6 Å². The van der Waals surface area contributed by atoms with Crippen LogP contribution < -0.4 is 5.32 Å². The van der Waals surface area contributed by atoms with E-state index in [0.717, 1.165) is 17.7 Å². The molecule has 1 N–H and O–H groups in total. The number of halogens is 1. The summed E-state index contributed by atoms with van der Waals surface area (Å²) in [5, 5.41) is 9.19. The third-order valence-electron chi connectivity index (χ3n) is 4.47. The Bertz CT molecular complexity index is 881. The number of rotatable bonds is 8. The maximum atomic E-state index is 12.7. The summed E-state index contributed by atoms with van der Waals surface area (Å²) in [5.74, 6) is 1.22. The van der Waals surface area contributed by atoms with E-state index in [1.54, 1.807) is 23.4 Å². The lowest BCUT2D eigenvalue weighted by Crippen LogP contribution is -2.29. The van der Waals surface area contributed by atoms with E-state index in [4.69, 9.17) is 16.3 Å². The number of benzene rings is 1. The van der Waals surface area contributed by atoms with Crippen LogP contribution in [0.3, 0.4) is 0 Å². The Labute approximate surface area is 174 Å². The van der Waals surface area contributed by atoms with Gasteiger partial charge in [-0.1, -0.05) is 55.3 Å². The number of fused-ring (bicyclic) bond motifs is 1. The molecule has 2 heterocycles. The molecule has 0 saturated heterocycles. The van der Waals surface area contributed by atoms with Crippen molar-refractivity contribution < 1.29 is 9.53 Å². The van der Waals surface area contributed by atoms with E-state index >= 15 is 0 Å². The fourth-order valence-corrected chi connectivity index (χ4v) is 4.19. The summed E-state index contributed by atoms with van der Waals surface area (Å²) in [4.78, 5) is 17.3. The van der Waals surface area contributed by atoms with Crippen LogP contribution in [0.4, 0.5) is 5.95 Å². The number of esters is 1. The lowest BCUT2D eigenvalue weighted by molar-refractivity contribution is -0.139. The molecule has 6 nitrogen and oxygen atoms in total. The Hall–Kier alpha value is -1.99. The fraction of sp³-hybridized carbons (Fsp3) is 0.450. The molecular weight excluding hydrogens is 396 g/mol. The zero-order valence-electron chi connectivity index (χ0n) is 16.4. The Morgan fingerprint density at radius 3 is 2.89 bits per heavy atom. The number of carbonyl (C=O) groups excluding carboxylic acids is 1. The molecule has 0 amide bonds. The van der Waals surface area contributed by atoms with Crippen LogP contribution in [0, 0.1) is 0 Å². The zero-order valence-corrected chi connectivity index (χ0v) is 17.9. The molecule has 1 aliphatic rings. The lowest BCUT2D eigenvalue weighted by atomic mass is 9.96. The van der Waals surface area contributed by atoms with Gasteiger partial charge in [-0.05, 0) is 38.0 Å². The molecule has 1 aromatic carbocycles. The minimum absolute atomic E-state index is 0.306. The first kappa shape index (κ1) is 20.7. The molecule has 28 heavy (non-hydrogen) atoms. The molecule has 1 atom stereocenters. The number of thioether (sulfide) groups is 1. The molecule has 0 unspecified atom stereocenters. The summed E-state index contributed by atoms with van der Waals surface area (Å²) >= 11 is 7.85. The van der Waals surface area contributed by atoms with Crippen molar-refractivity contribution in [3.8, 4) is 0 Å². The number of anilines is 1. The summed E-state index contributed by atoms with van der Waals surface area (Å²) < 4.78 is 7.07. The topological polar surface area (TPSA) is 69.0 Å². The van der Waals surface area contributed by atoms with Crippen molar-refractivity contribution >= 4 is 35.3 Å². The number of hydrogen-bond donors (Lipinski definition) is 1. The summed E-state index contributed by atoms with van der Waals surface area (Å²) in [5.41, 5.74) is 2.10. The van der Waals surface area contributed by atoms with Crippen LogP contribution in [0.2, 0.25) is 5.02 Å². The van der Waals surface area contributed by atoms with Gasteiger partial charge < -0.3 is 10.1 Å². The Balaban J connectivity index is 1.98. The van der Waals surface area contributed by atoms with Crippen molar-refractivity contribution in [1.29, 1.82) is 0 Å². The molecule has 0 radical (unpaired) electrons. The van der Waals surface area contributed by atoms with Gasteiger partial charge in [-0.2, -0.15) is 4.98 Å². The number of allylic oxidation sites excluding steroid dienone is 1. The molecule has 0 fully saturated rings. The van der Waals surface area contributed by atoms with Gasteiger partial charge in [0.1, 0.15) is 6.04 Å². The van der Waals surface area contributed by atoms with Crippen LogP contribution in [-0.4, -0.2) is 33.1 Å². The van der Waals surface area contributed by atoms with Crippen molar-refractivity contribution in [2.75, 3.05) is 17.7 Å². The normalized spacial score (nSPS) is 15.9. The van der Waals surface area contributed by atoms with Gasteiger partial charge >= 0.3 is 5.97 Å². The summed E-state index contributed by atoms with van der Waals surface area (Å²) in [7, 11) is 0. The van der Waals surface area contributed by atoms with E-state index in [1.807, 2.05) is 31.2 Å². The number of nitrogens with zero attached hydrogens (tertiary/aromatic N) is 3. The standard InChI is InChI=1S/C20H25ClN4O2S/c1-4-6-7-11-28-20-23-19-22-13(3)16(18(26)27-5-2)17(25(19)24-20)14-9-8-10-15(21)12-14/h8-10,12,17H,4-7,11H2,1-3H3,(H,22,23,24)/t17-/m1/s1. The maximum absolute atomic E-state index is 12.7. The first-order chi connectivity index (χ1) is 13.5. The minimum Gasteiger partial charge on any atom is -0.463 e. The van der Waals surface area contributed by atoms with Crippen LogP contribution >= 0.6 is 23.4 Å². The molecular formula is C20H25ClN4O2S. The summed E-state index contributed by atoms with van der Waals surface area (Å²) in [6.45, 7) is 6.14. The van der Waals surface area contributed by atoms with Gasteiger partial charge in [0.25, 0.3) is 0 Å². The first-order valence-corrected chi connectivity index (χ1v) is 10.9. The minimum atomic E-state index is -0.438. The van der Waals surface area contributed by atoms with Crippen molar-refractivity contribution in [3.05, 3.63) is 46.1 Å². The molecule has 1 aromatic heterocycles. The van der Waals surface area contributed by atoms with Gasteiger partial charge in [0, 0.05) is 16.5 Å². The Morgan fingerprint density at radius 2 is 2.18 bits per heavy atom. The highest BCUT2D eigenvalue weighted by Gasteiger charge is 2.35. The third kappa shape index (κ3) is 4.52. The molecule has 0 bridgehead atoms. The number of unbranched alkanes of at least 4 members (excludes halogenated alkanes) is 2. The van der Waals surface area contributed by atoms with Crippen LogP contribution in [-0.2, 0) is 9.53 Å². The molecule has 2 aromatic rings. The van der Waals surface area contributed by atoms with Crippen LogP contribution in [0.15, 0.2) is 40.7 Å². The second kappa shape index (κ2) is 9.47. The maximum Gasteiger partial charge on any atom is 0.338 e. The van der Waals surface area contributed by atoms with E-state index in [2.05, 4.69) is 22.3 Å². The quantitative estimate of drug-likeness (QED) is 0.365. The number of aromatic nitrogens is 3. The van der Waals surface area contributed by atoms with Gasteiger partial charge in [0.15, 0.2) is 0 Å². The average molecular weight is 421 g/mol. The fourth-order valence-electron chi connectivity index (χ4n) is 3.17. The Kier molecular flexibility index (Phi) is 7.02. The SMILES string of the molecule is CCCCCSc1nc2n(n1)[C@H](c1cccc(Cl)c1)C(C(=O)OCC)=C(C)N2. The zero-order chi connectivity index (χ0) is 20.1. The predicted octanol–water partition coefficient (Wildman–Crippen LogP) is 5.07. The van der Waals surface area contributed by atoms with E-state index in [1.165, 1.54) is 12.8 Å². The first-order valence-electron chi connectivity index (χ1n) is 9.54. The van der Waals surface area contributed by atoms with E-state index in [-0.39, 0.29) is 5.97 Å². The van der Waals surface area contributed by atoms with Crippen molar-refractivity contribution in [1.82, 2.24) is 14.8 Å². The molecule has 150 valence electrons. The van der Waals surface area contributed by atoms with Crippen LogP contribution in [0.5, 0.6) is 0 Å². The van der Waals surface area contributed by atoms with Gasteiger partial charge in [0.05, 0.1) is 12.2 Å². The number of nitrogens with one attached hydrogen (secondary N) is 1. The van der Waals surface area contributed by atoms with E-state index in [0.29, 0.717) is 34.0 Å². The van der Waals surface area contributed by atoms with Crippen molar-refractivity contribution in [2.45, 2.75) is 51.2 Å². The number of hydrogen-bond acceptors (Lipinski definition) is 6. The number of ether oxygens (including phenoxy) is 1. The summed E-state index contributed by atoms with van der Waals surface area (Å²) in [6, 6.07) is 7.03. The third-order valence-corrected chi connectivity index (χ3v) is 5.63. The van der Waals surface area contributed by atoms with Gasteiger partial charge in [-0.3, -0.25) is 0 Å². The predicted molar refractivity (Wildman–Crippen MR) is 113 cm³/mol. The largest absolute Gasteiger partial charge is 0.463 e. The van der Waals surface area contributed by atoms with Gasteiger partial charge in [-0.25, -0.2) is 9.48 Å². The molecule has 0 spiro atoms. The molecule has 0 saturated carbocycles. The summed E-state index contributed by atoms with van der Waals surface area (Å²) in [6.07, 6.45) is 3.50. The molecule has 0 aliphatic carbocycles. The average Bonchev–Trinajstić information content (AvgIpc) is 3.06. The smallest absolute Gasteiger partial charge is 0.338 e. The van der Waals surface area contributed by atoms with Gasteiger partial charge in [-0.15, -0.1) is 5.10 Å². The highest BCUT2D eigenvalue weighted by molar-refractivity contribution is 7.99. The van der Waals surface area contributed by atoms with Crippen molar-refractivity contribution in [3.63, 3.8) is 0 Å². The molecule has 8 heteroatoms. The highest BCUT2D eigenvalue weighted by atomic mass is 35.5. The molecule has 1 aliphatic heterocycles.